The van der Waals surface area contributed by atoms with Gasteiger partial charge in [-0.1, -0.05) is 53.6 Å². The van der Waals surface area contributed by atoms with Crippen LogP contribution in [0.2, 0.25) is 5.02 Å². The van der Waals surface area contributed by atoms with E-state index in [-0.39, 0.29) is 24.4 Å². The molecule has 0 spiro atoms. The van der Waals surface area contributed by atoms with Crippen LogP contribution >= 0.6 is 11.6 Å². The molecule has 3 heteroatoms. The van der Waals surface area contributed by atoms with Crippen molar-refractivity contribution in [3.8, 4) is 0 Å². The Morgan fingerprint density at radius 3 is 2.10 bits per heavy atom. The molecule has 2 aromatic rings. The Hall–Kier alpha value is -1.93. The zero-order valence-electron chi connectivity index (χ0n) is 11.2. The number of Topliss-reactive ketones (excluding diaryl/α,β-unsaturated/α-hetero) is 2. The van der Waals surface area contributed by atoms with Gasteiger partial charge in [0.25, 0.3) is 0 Å². The highest BCUT2D eigenvalue weighted by Crippen LogP contribution is 2.14. The first-order chi connectivity index (χ1) is 9.56. The Morgan fingerprint density at radius 1 is 0.900 bits per heavy atom. The molecule has 0 unspecified atom stereocenters. The summed E-state index contributed by atoms with van der Waals surface area (Å²) in [6.45, 7) is 1.97. The average molecular weight is 287 g/mol. The summed E-state index contributed by atoms with van der Waals surface area (Å²) in [6, 6.07) is 14.2. The fraction of sp³-hybridized carbons (Fsp3) is 0.176. The van der Waals surface area contributed by atoms with E-state index in [1.165, 1.54) is 0 Å². The molecule has 2 aromatic carbocycles. The van der Waals surface area contributed by atoms with Gasteiger partial charge in [0.1, 0.15) is 0 Å². The zero-order chi connectivity index (χ0) is 14.5. The number of rotatable bonds is 5. The fourth-order valence-corrected chi connectivity index (χ4v) is 2.11. The van der Waals surface area contributed by atoms with E-state index in [1.807, 2.05) is 19.1 Å². The number of benzene rings is 2. The van der Waals surface area contributed by atoms with Gasteiger partial charge in [0.2, 0.25) is 0 Å². The largest absolute Gasteiger partial charge is 0.294 e. The minimum Gasteiger partial charge on any atom is -0.294 e. The average Bonchev–Trinajstić information content (AvgIpc) is 2.45. The van der Waals surface area contributed by atoms with Gasteiger partial charge in [-0.15, -0.1) is 0 Å². The molecule has 0 aliphatic heterocycles. The van der Waals surface area contributed by atoms with Gasteiger partial charge in [0.15, 0.2) is 11.6 Å². The third kappa shape index (κ3) is 3.78. The van der Waals surface area contributed by atoms with Crippen LogP contribution in [0.3, 0.4) is 0 Å². The number of ketones is 2. The normalized spacial score (nSPS) is 10.3. The summed E-state index contributed by atoms with van der Waals surface area (Å²) in [6.07, 6.45) is 0.418. The zero-order valence-corrected chi connectivity index (χ0v) is 12.0. The lowest BCUT2D eigenvalue weighted by atomic mass is 10.0. The minimum absolute atomic E-state index is 0.0135. The molecule has 0 saturated heterocycles. The van der Waals surface area contributed by atoms with E-state index < -0.39 is 0 Å². The fourth-order valence-electron chi connectivity index (χ4n) is 1.92. The molecule has 0 fully saturated rings. The second-order valence-electron chi connectivity index (χ2n) is 4.72. The monoisotopic (exact) mass is 286 g/mol. The summed E-state index contributed by atoms with van der Waals surface area (Å²) in [5, 5.41) is 0.528. The maximum atomic E-state index is 12.0. The Morgan fingerprint density at radius 2 is 1.50 bits per heavy atom. The van der Waals surface area contributed by atoms with E-state index >= 15 is 0 Å². The van der Waals surface area contributed by atoms with Gasteiger partial charge in [-0.05, 0) is 19.1 Å². The first-order valence-electron chi connectivity index (χ1n) is 6.45. The summed E-state index contributed by atoms with van der Waals surface area (Å²) in [4.78, 5) is 24.0. The summed E-state index contributed by atoms with van der Waals surface area (Å²) < 4.78 is 0. The molecule has 0 atom stereocenters. The topological polar surface area (TPSA) is 34.1 Å². The molecule has 0 bridgehead atoms. The van der Waals surface area contributed by atoms with Gasteiger partial charge in [0.05, 0.1) is 0 Å². The van der Waals surface area contributed by atoms with Crippen molar-refractivity contribution in [3.05, 3.63) is 70.2 Å². The Kier molecular flexibility index (Phi) is 4.70. The van der Waals surface area contributed by atoms with E-state index in [2.05, 4.69) is 0 Å². The van der Waals surface area contributed by atoms with Crippen LogP contribution in [0.25, 0.3) is 0 Å². The molecule has 2 nitrogen and oxygen atoms in total. The molecular weight excluding hydrogens is 272 g/mol. The van der Waals surface area contributed by atoms with Crippen molar-refractivity contribution in [3.63, 3.8) is 0 Å². The van der Waals surface area contributed by atoms with Crippen molar-refractivity contribution in [1.82, 2.24) is 0 Å². The smallest absolute Gasteiger partial charge is 0.163 e. The Labute approximate surface area is 123 Å². The SMILES string of the molecule is Cc1ccc(C(=O)CCC(=O)c2cccc(Cl)c2)cc1. The van der Waals surface area contributed by atoms with Crippen molar-refractivity contribution in [2.75, 3.05) is 0 Å². The van der Waals surface area contributed by atoms with Crippen molar-refractivity contribution < 1.29 is 9.59 Å². The number of carbonyl (C=O) groups excluding carboxylic acids is 2. The van der Waals surface area contributed by atoms with Gasteiger partial charge in [-0.25, -0.2) is 0 Å². The predicted octanol–water partition coefficient (Wildman–Crippen LogP) is 4.49. The third-order valence-corrected chi connectivity index (χ3v) is 3.33. The van der Waals surface area contributed by atoms with Gasteiger partial charge in [0, 0.05) is 29.0 Å². The van der Waals surface area contributed by atoms with E-state index in [0.29, 0.717) is 16.1 Å². The van der Waals surface area contributed by atoms with Crippen LogP contribution in [-0.2, 0) is 0 Å². The minimum atomic E-state index is -0.0621. The highest BCUT2D eigenvalue weighted by Gasteiger charge is 2.11. The summed E-state index contributed by atoms with van der Waals surface area (Å²) in [7, 11) is 0. The van der Waals surface area contributed by atoms with Crippen LogP contribution < -0.4 is 0 Å². The number of hydrogen-bond donors (Lipinski definition) is 0. The summed E-state index contributed by atoms with van der Waals surface area (Å²) in [5.74, 6) is -0.0756. The van der Waals surface area contributed by atoms with Crippen molar-refractivity contribution in [1.29, 1.82) is 0 Å². The number of halogens is 1. The molecule has 102 valence electrons. The number of hydrogen-bond acceptors (Lipinski definition) is 2. The lowest BCUT2D eigenvalue weighted by molar-refractivity contribution is 0.0917. The van der Waals surface area contributed by atoms with Crippen molar-refractivity contribution in [2.24, 2.45) is 0 Å². The molecule has 0 aliphatic rings. The Bertz CT molecular complexity index is 630. The van der Waals surface area contributed by atoms with E-state index in [0.717, 1.165) is 5.56 Å². The molecule has 0 radical (unpaired) electrons. The lowest BCUT2D eigenvalue weighted by Gasteiger charge is -2.03. The van der Waals surface area contributed by atoms with Crippen molar-refractivity contribution >= 4 is 23.2 Å². The quantitative estimate of drug-likeness (QED) is 0.759. The highest BCUT2D eigenvalue weighted by molar-refractivity contribution is 6.31. The first kappa shape index (κ1) is 14.5. The van der Waals surface area contributed by atoms with Crippen LogP contribution in [0.4, 0.5) is 0 Å². The molecule has 20 heavy (non-hydrogen) atoms. The Balaban J connectivity index is 1.96. The summed E-state index contributed by atoms with van der Waals surface area (Å²) >= 11 is 5.84. The standard InChI is InChI=1S/C17H15ClO2/c1-12-5-7-13(8-6-12)16(19)9-10-17(20)14-3-2-4-15(18)11-14/h2-8,11H,9-10H2,1H3. The second-order valence-corrected chi connectivity index (χ2v) is 5.16. The van der Waals surface area contributed by atoms with E-state index in [9.17, 15) is 9.59 Å². The van der Waals surface area contributed by atoms with Crippen LogP contribution in [-0.4, -0.2) is 11.6 Å². The van der Waals surface area contributed by atoms with Crippen LogP contribution in [0.1, 0.15) is 39.1 Å². The number of carbonyl (C=O) groups is 2. The molecule has 0 amide bonds. The molecule has 2 rings (SSSR count). The van der Waals surface area contributed by atoms with Gasteiger partial charge in [-0.3, -0.25) is 9.59 Å². The molecule has 0 N–H and O–H groups in total. The maximum absolute atomic E-state index is 12.0. The molecule has 0 saturated carbocycles. The van der Waals surface area contributed by atoms with Crippen LogP contribution in [0.5, 0.6) is 0 Å². The van der Waals surface area contributed by atoms with E-state index in [4.69, 9.17) is 11.6 Å². The van der Waals surface area contributed by atoms with Crippen molar-refractivity contribution in [2.45, 2.75) is 19.8 Å². The van der Waals surface area contributed by atoms with Gasteiger partial charge in [-0.2, -0.15) is 0 Å². The van der Waals surface area contributed by atoms with Crippen LogP contribution in [0, 0.1) is 6.92 Å². The summed E-state index contributed by atoms with van der Waals surface area (Å²) in [5.41, 5.74) is 2.31. The highest BCUT2D eigenvalue weighted by atomic mass is 35.5. The van der Waals surface area contributed by atoms with Gasteiger partial charge < -0.3 is 0 Å². The van der Waals surface area contributed by atoms with Crippen LogP contribution in [0.15, 0.2) is 48.5 Å². The maximum Gasteiger partial charge on any atom is 0.163 e. The molecule has 0 aromatic heterocycles. The molecule has 0 heterocycles. The first-order valence-corrected chi connectivity index (χ1v) is 6.83. The number of aryl methyl sites for hydroxylation is 1. The third-order valence-electron chi connectivity index (χ3n) is 3.10. The molecule has 0 aliphatic carbocycles. The second kappa shape index (κ2) is 6.49. The lowest BCUT2D eigenvalue weighted by Crippen LogP contribution is -2.05. The molecular formula is C17H15ClO2. The predicted molar refractivity (Wildman–Crippen MR) is 80.5 cm³/mol. The van der Waals surface area contributed by atoms with Gasteiger partial charge >= 0.3 is 0 Å². The van der Waals surface area contributed by atoms with E-state index in [1.54, 1.807) is 36.4 Å².